The molecule has 2 heterocycles. The van der Waals surface area contributed by atoms with Gasteiger partial charge in [0.05, 0.1) is 25.0 Å². The highest BCUT2D eigenvalue weighted by atomic mass is 32.2. The summed E-state index contributed by atoms with van der Waals surface area (Å²) in [5.41, 5.74) is 0.972. The Labute approximate surface area is 206 Å². The first kappa shape index (κ1) is 23.7. The third-order valence-electron chi connectivity index (χ3n) is 7.93. The Morgan fingerprint density at radius 1 is 1.21 bits per heavy atom. The molecule has 2 aliphatic carbocycles. The molecule has 3 aliphatic rings. The molecule has 184 valence electrons. The first-order chi connectivity index (χ1) is 16.5. The van der Waals surface area contributed by atoms with Gasteiger partial charge in [0.15, 0.2) is 11.0 Å². The van der Waals surface area contributed by atoms with E-state index in [2.05, 4.69) is 27.0 Å². The Balaban J connectivity index is 1.29. The van der Waals surface area contributed by atoms with Gasteiger partial charge in [-0.05, 0) is 88.0 Å². The predicted octanol–water partition coefficient (Wildman–Crippen LogP) is 4.55. The van der Waals surface area contributed by atoms with Crippen LogP contribution in [0.1, 0.15) is 52.4 Å². The Hall–Kier alpha value is -2.06. The summed E-state index contributed by atoms with van der Waals surface area (Å²) in [6.45, 7) is 5.63. The molecule has 1 N–H and O–H groups in total. The number of benzene rings is 1. The minimum atomic E-state index is -0.253. The van der Waals surface area contributed by atoms with Crippen molar-refractivity contribution in [3.8, 4) is 17.1 Å². The molecule has 1 amide bonds. The number of methoxy groups -OCH3 is 1. The fraction of sp³-hybridized carbons (Fsp3) is 0.654. The Morgan fingerprint density at radius 2 is 2.03 bits per heavy atom. The predicted molar refractivity (Wildman–Crippen MR) is 133 cm³/mol. The summed E-state index contributed by atoms with van der Waals surface area (Å²) >= 11 is 1.48. The van der Waals surface area contributed by atoms with Gasteiger partial charge in [0.25, 0.3) is 0 Å². The number of aromatic nitrogens is 3. The Morgan fingerprint density at radius 3 is 2.68 bits per heavy atom. The number of ether oxygens (including phenoxy) is 2. The van der Waals surface area contributed by atoms with Crippen molar-refractivity contribution < 1.29 is 14.3 Å². The summed E-state index contributed by atoms with van der Waals surface area (Å²) in [6.07, 6.45) is 7.60. The van der Waals surface area contributed by atoms with Gasteiger partial charge in [-0.3, -0.25) is 9.36 Å². The number of thioether (sulfide) groups is 1. The zero-order valence-corrected chi connectivity index (χ0v) is 21.2. The summed E-state index contributed by atoms with van der Waals surface area (Å²) in [5.74, 6) is 3.99. The Kier molecular flexibility index (Phi) is 7.16. The van der Waals surface area contributed by atoms with Gasteiger partial charge in [-0.15, -0.1) is 10.2 Å². The second kappa shape index (κ2) is 10.3. The normalized spacial score (nSPS) is 27.6. The zero-order chi connectivity index (χ0) is 23.7. The van der Waals surface area contributed by atoms with E-state index in [9.17, 15) is 4.79 Å². The van der Waals surface area contributed by atoms with E-state index in [4.69, 9.17) is 9.47 Å². The van der Waals surface area contributed by atoms with Crippen molar-refractivity contribution in [2.24, 2.45) is 17.8 Å². The minimum absolute atomic E-state index is 0.0814. The third kappa shape index (κ3) is 4.98. The molecule has 1 aromatic carbocycles. The monoisotopic (exact) mass is 484 g/mol. The topological polar surface area (TPSA) is 78.3 Å². The molecule has 7 nitrogen and oxygen atoms in total. The molecule has 2 aromatic rings. The van der Waals surface area contributed by atoms with Gasteiger partial charge >= 0.3 is 0 Å². The zero-order valence-electron chi connectivity index (χ0n) is 20.4. The first-order valence-electron chi connectivity index (χ1n) is 12.7. The van der Waals surface area contributed by atoms with Gasteiger partial charge in [-0.2, -0.15) is 0 Å². The van der Waals surface area contributed by atoms with Gasteiger partial charge in [-0.1, -0.05) is 18.2 Å². The molecular formula is C26H36N4O3S. The van der Waals surface area contributed by atoms with Crippen LogP contribution in [0, 0.1) is 17.8 Å². The highest BCUT2D eigenvalue weighted by molar-refractivity contribution is 8.00. The molecule has 0 spiro atoms. The van der Waals surface area contributed by atoms with Crippen LogP contribution in [0.3, 0.4) is 0 Å². The molecule has 0 radical (unpaired) electrons. The molecule has 1 saturated heterocycles. The van der Waals surface area contributed by atoms with Gasteiger partial charge in [0.1, 0.15) is 5.75 Å². The lowest BCUT2D eigenvalue weighted by Crippen LogP contribution is -2.43. The standard InChI is InChI=1S/C26H36N4O3S/c1-16(23-14-18-6-7-20(23)13-18)27-25(31)17(2)34-26-29-28-24(19-8-10-21(32-3)11-9-19)30(26)15-22-5-4-12-33-22/h8-11,16-18,20,22-23H,4-7,12-15H2,1-3H3,(H,27,31). The van der Waals surface area contributed by atoms with E-state index in [-0.39, 0.29) is 23.3 Å². The summed E-state index contributed by atoms with van der Waals surface area (Å²) in [6, 6.07) is 8.08. The highest BCUT2D eigenvalue weighted by Gasteiger charge is 2.42. The highest BCUT2D eigenvalue weighted by Crippen LogP contribution is 2.49. The number of amides is 1. The van der Waals surface area contributed by atoms with Crippen LogP contribution in [0.25, 0.3) is 11.4 Å². The number of nitrogens with one attached hydrogen (secondary N) is 1. The number of carbonyl (C=O) groups excluding carboxylic acids is 1. The fourth-order valence-corrected chi connectivity index (χ4v) is 6.92. The van der Waals surface area contributed by atoms with Crippen LogP contribution in [0.2, 0.25) is 0 Å². The van der Waals surface area contributed by atoms with Gasteiger partial charge in [-0.25, -0.2) is 0 Å². The summed E-state index contributed by atoms with van der Waals surface area (Å²) in [5, 5.41) is 12.8. The minimum Gasteiger partial charge on any atom is -0.497 e. The molecule has 5 rings (SSSR count). The lowest BCUT2D eigenvalue weighted by molar-refractivity contribution is -0.121. The van der Waals surface area contributed by atoms with Crippen LogP contribution in [0.5, 0.6) is 5.75 Å². The molecule has 34 heavy (non-hydrogen) atoms. The summed E-state index contributed by atoms with van der Waals surface area (Å²) < 4.78 is 13.3. The maximum Gasteiger partial charge on any atom is 0.233 e. The maximum absolute atomic E-state index is 13.1. The van der Waals surface area contributed by atoms with Crippen LogP contribution in [-0.2, 0) is 16.1 Å². The van der Waals surface area contributed by atoms with E-state index >= 15 is 0 Å². The van der Waals surface area contributed by atoms with Crippen molar-refractivity contribution in [1.82, 2.24) is 20.1 Å². The molecule has 6 atom stereocenters. The number of rotatable bonds is 9. The number of hydrogen-bond donors (Lipinski definition) is 1. The van der Waals surface area contributed by atoms with Crippen LogP contribution in [0.4, 0.5) is 0 Å². The third-order valence-corrected chi connectivity index (χ3v) is 9.01. The lowest BCUT2D eigenvalue weighted by atomic mass is 9.84. The number of nitrogens with zero attached hydrogens (tertiary/aromatic N) is 3. The second-order valence-corrected chi connectivity index (χ2v) is 11.5. The van der Waals surface area contributed by atoms with Crippen molar-refractivity contribution in [3.63, 3.8) is 0 Å². The van der Waals surface area contributed by atoms with Gasteiger partial charge in [0.2, 0.25) is 5.91 Å². The van der Waals surface area contributed by atoms with E-state index < -0.39 is 0 Å². The van der Waals surface area contributed by atoms with E-state index in [1.54, 1.807) is 7.11 Å². The van der Waals surface area contributed by atoms with Crippen molar-refractivity contribution in [1.29, 1.82) is 0 Å². The molecule has 2 bridgehead atoms. The van der Waals surface area contributed by atoms with E-state index in [0.29, 0.717) is 12.5 Å². The largest absolute Gasteiger partial charge is 0.497 e. The molecular weight excluding hydrogens is 448 g/mol. The SMILES string of the molecule is COc1ccc(-c2nnc(SC(C)C(=O)NC(C)C3CC4CCC3C4)n2CC2CCCO2)cc1. The molecule has 6 unspecified atom stereocenters. The van der Waals surface area contributed by atoms with Crippen LogP contribution >= 0.6 is 11.8 Å². The average molecular weight is 485 g/mol. The average Bonchev–Trinajstić information content (AvgIpc) is 3.66. The molecule has 8 heteroatoms. The van der Waals surface area contributed by atoms with E-state index in [1.165, 1.54) is 37.4 Å². The summed E-state index contributed by atoms with van der Waals surface area (Å²) in [7, 11) is 1.66. The lowest BCUT2D eigenvalue weighted by Gasteiger charge is -2.29. The fourth-order valence-electron chi connectivity index (χ4n) is 6.05. The van der Waals surface area contributed by atoms with Gasteiger partial charge in [0, 0.05) is 18.2 Å². The summed E-state index contributed by atoms with van der Waals surface area (Å²) in [4.78, 5) is 13.1. The van der Waals surface area contributed by atoms with E-state index in [0.717, 1.165) is 53.6 Å². The van der Waals surface area contributed by atoms with Gasteiger partial charge < -0.3 is 14.8 Å². The van der Waals surface area contributed by atoms with Crippen LogP contribution < -0.4 is 10.1 Å². The molecule has 1 aromatic heterocycles. The van der Waals surface area contributed by atoms with Crippen LogP contribution in [0.15, 0.2) is 29.4 Å². The second-order valence-electron chi connectivity index (χ2n) is 10.2. The quantitative estimate of drug-likeness (QED) is 0.526. The van der Waals surface area contributed by atoms with Crippen molar-refractivity contribution in [3.05, 3.63) is 24.3 Å². The molecule has 1 aliphatic heterocycles. The Bertz CT molecular complexity index is 988. The number of carbonyl (C=O) groups is 1. The van der Waals surface area contributed by atoms with Crippen molar-refractivity contribution >= 4 is 17.7 Å². The van der Waals surface area contributed by atoms with Crippen molar-refractivity contribution in [2.45, 2.75) is 81.5 Å². The molecule has 2 saturated carbocycles. The van der Waals surface area contributed by atoms with E-state index in [1.807, 2.05) is 31.2 Å². The number of hydrogen-bond acceptors (Lipinski definition) is 6. The number of fused-ring (bicyclic) bond motifs is 2. The molecule has 3 fully saturated rings. The first-order valence-corrected chi connectivity index (χ1v) is 13.6. The maximum atomic E-state index is 13.1. The van der Waals surface area contributed by atoms with Crippen molar-refractivity contribution in [2.75, 3.05) is 13.7 Å². The van der Waals surface area contributed by atoms with Crippen LogP contribution in [-0.4, -0.2) is 51.8 Å². The smallest absolute Gasteiger partial charge is 0.233 e.